The molecule has 2 aromatic heterocycles. The fourth-order valence-corrected chi connectivity index (χ4v) is 1.30. The predicted molar refractivity (Wildman–Crippen MR) is 42.4 cm³/mol. The van der Waals surface area contributed by atoms with Gasteiger partial charge < -0.3 is 0 Å². The summed E-state index contributed by atoms with van der Waals surface area (Å²) in [4.78, 5) is 0.808. The molecule has 0 N–H and O–H groups in total. The van der Waals surface area contributed by atoms with Crippen molar-refractivity contribution in [3.63, 3.8) is 0 Å². The molecule has 0 aromatic carbocycles. The smallest absolute Gasteiger partial charge is 0.154 e. The first-order valence-corrected chi connectivity index (χ1v) is 4.12. The van der Waals surface area contributed by atoms with Crippen molar-refractivity contribution in [1.29, 1.82) is 0 Å². The van der Waals surface area contributed by atoms with Crippen LogP contribution in [0.4, 0.5) is 0 Å². The zero-order valence-corrected chi connectivity index (χ0v) is 6.80. The van der Waals surface area contributed by atoms with Crippen molar-refractivity contribution in [1.82, 2.24) is 19.8 Å². The molecule has 0 atom stereocenters. The number of aromatic nitrogens is 4. The van der Waals surface area contributed by atoms with E-state index < -0.39 is 0 Å². The molecule has 2 rings (SSSR count). The summed E-state index contributed by atoms with van der Waals surface area (Å²) >= 11 is 1.27. The first-order valence-electron chi connectivity index (χ1n) is 3.35. The lowest BCUT2D eigenvalue weighted by Crippen LogP contribution is -1.89. The molecule has 0 aliphatic carbocycles. The maximum Gasteiger partial charge on any atom is 0.186 e. The van der Waals surface area contributed by atoms with Gasteiger partial charge in [0.1, 0.15) is 5.52 Å². The molecule has 4 nitrogen and oxygen atoms in total. The van der Waals surface area contributed by atoms with Crippen molar-refractivity contribution in [2.45, 2.75) is 13.3 Å². The summed E-state index contributed by atoms with van der Waals surface area (Å²) in [7, 11) is 0. The van der Waals surface area contributed by atoms with Gasteiger partial charge in [0, 0.05) is 11.5 Å². The largest absolute Gasteiger partial charge is 0.186 e. The van der Waals surface area contributed by atoms with Crippen LogP contribution in [0.2, 0.25) is 0 Å². The molecule has 0 aliphatic heterocycles. The van der Waals surface area contributed by atoms with Crippen LogP contribution in [0.15, 0.2) is 6.07 Å². The summed E-state index contributed by atoms with van der Waals surface area (Å²) < 4.78 is 3.77. The number of aryl methyl sites for hydroxylation is 1. The summed E-state index contributed by atoms with van der Waals surface area (Å²) in [6.07, 6.45) is 0.889. The van der Waals surface area contributed by atoms with Crippen LogP contribution < -0.4 is 0 Å². The third-order valence-electron chi connectivity index (χ3n) is 1.43. The second-order valence-electron chi connectivity index (χ2n) is 2.15. The van der Waals surface area contributed by atoms with E-state index in [1.165, 1.54) is 11.5 Å². The van der Waals surface area contributed by atoms with Crippen LogP contribution in [0.25, 0.3) is 10.3 Å². The molecule has 56 valence electrons. The number of hydrogen-bond donors (Lipinski definition) is 0. The van der Waals surface area contributed by atoms with Gasteiger partial charge in [-0.15, -0.1) is 10.2 Å². The average Bonchev–Trinajstić information content (AvgIpc) is 2.50. The van der Waals surface area contributed by atoms with Gasteiger partial charge >= 0.3 is 0 Å². The van der Waals surface area contributed by atoms with Crippen molar-refractivity contribution in [2.24, 2.45) is 0 Å². The highest BCUT2D eigenvalue weighted by Gasteiger charge is 2.00. The first kappa shape index (κ1) is 6.60. The van der Waals surface area contributed by atoms with E-state index in [2.05, 4.69) is 19.8 Å². The van der Waals surface area contributed by atoms with Crippen molar-refractivity contribution < 1.29 is 0 Å². The summed E-state index contributed by atoms with van der Waals surface area (Å²) in [5.41, 5.74) is 1.81. The molecule has 2 heterocycles. The Labute approximate surface area is 67.4 Å². The summed E-state index contributed by atoms with van der Waals surface area (Å²) in [5, 5.41) is 11.8. The van der Waals surface area contributed by atoms with Crippen LogP contribution in [0.5, 0.6) is 0 Å². The van der Waals surface area contributed by atoms with Gasteiger partial charge in [0.05, 0.1) is 5.69 Å². The molecule has 0 unspecified atom stereocenters. The Bertz CT molecular complexity index is 369. The minimum absolute atomic E-state index is 0.808. The minimum atomic E-state index is 0.808. The van der Waals surface area contributed by atoms with Crippen LogP contribution in [0, 0.1) is 0 Å². The average molecular weight is 166 g/mol. The van der Waals surface area contributed by atoms with Gasteiger partial charge in [0.25, 0.3) is 0 Å². The van der Waals surface area contributed by atoms with Crippen LogP contribution in [-0.4, -0.2) is 19.8 Å². The van der Waals surface area contributed by atoms with Crippen LogP contribution in [-0.2, 0) is 6.42 Å². The Morgan fingerprint density at radius 2 is 2.27 bits per heavy atom. The SMILES string of the molecule is CCc1cc2nnsc2nn1. The molecule has 0 aliphatic rings. The van der Waals surface area contributed by atoms with E-state index in [1.54, 1.807) is 0 Å². The maximum absolute atomic E-state index is 3.98. The van der Waals surface area contributed by atoms with Crippen LogP contribution in [0.1, 0.15) is 12.6 Å². The topological polar surface area (TPSA) is 51.6 Å². The van der Waals surface area contributed by atoms with Gasteiger partial charge in [-0.05, 0) is 12.5 Å². The number of fused-ring (bicyclic) bond motifs is 1. The number of hydrogen-bond acceptors (Lipinski definition) is 5. The zero-order chi connectivity index (χ0) is 7.68. The lowest BCUT2D eigenvalue weighted by Gasteiger charge is -1.90. The molecule has 0 amide bonds. The third kappa shape index (κ3) is 1.07. The lowest BCUT2D eigenvalue weighted by atomic mass is 10.3. The van der Waals surface area contributed by atoms with Gasteiger partial charge in [0.2, 0.25) is 0 Å². The monoisotopic (exact) mass is 166 g/mol. The van der Waals surface area contributed by atoms with Crippen LogP contribution in [0.3, 0.4) is 0 Å². The molecule has 0 fully saturated rings. The summed E-state index contributed by atoms with van der Waals surface area (Å²) in [5.74, 6) is 0. The molecule has 0 bridgehead atoms. The van der Waals surface area contributed by atoms with Crippen molar-refractivity contribution >= 4 is 21.9 Å². The minimum Gasteiger partial charge on any atom is -0.154 e. The first-order chi connectivity index (χ1) is 5.40. The molecular weight excluding hydrogens is 160 g/mol. The second kappa shape index (κ2) is 2.50. The Morgan fingerprint density at radius 1 is 1.36 bits per heavy atom. The molecular formula is C6H6N4S. The number of rotatable bonds is 1. The number of nitrogens with zero attached hydrogens (tertiary/aromatic N) is 4. The Hall–Kier alpha value is -1.10. The van der Waals surface area contributed by atoms with Gasteiger partial charge in [-0.1, -0.05) is 11.4 Å². The van der Waals surface area contributed by atoms with E-state index in [0.29, 0.717) is 0 Å². The predicted octanol–water partition coefficient (Wildman–Crippen LogP) is 1.04. The zero-order valence-electron chi connectivity index (χ0n) is 5.98. The standard InChI is InChI=1S/C6H6N4S/c1-2-4-3-5-6(9-7-4)11-10-8-5/h3H,2H2,1H3. The second-order valence-corrected chi connectivity index (χ2v) is 2.89. The molecule has 0 saturated heterocycles. The van der Waals surface area contributed by atoms with Crippen molar-refractivity contribution in [2.75, 3.05) is 0 Å². The van der Waals surface area contributed by atoms with E-state index in [1.807, 2.05) is 13.0 Å². The highest BCUT2D eigenvalue weighted by Crippen LogP contribution is 2.11. The molecule has 5 heteroatoms. The highest BCUT2D eigenvalue weighted by molar-refractivity contribution is 7.12. The lowest BCUT2D eigenvalue weighted by molar-refractivity contribution is 0.946. The van der Waals surface area contributed by atoms with Gasteiger partial charge in [-0.3, -0.25) is 0 Å². The molecule has 11 heavy (non-hydrogen) atoms. The van der Waals surface area contributed by atoms with Gasteiger partial charge in [-0.2, -0.15) is 5.10 Å². The van der Waals surface area contributed by atoms with Crippen LogP contribution >= 0.6 is 11.5 Å². The normalized spacial score (nSPS) is 10.6. The summed E-state index contributed by atoms with van der Waals surface area (Å²) in [6, 6.07) is 1.92. The van der Waals surface area contributed by atoms with E-state index in [4.69, 9.17) is 0 Å². The Balaban J connectivity index is 2.67. The van der Waals surface area contributed by atoms with Crippen molar-refractivity contribution in [3.8, 4) is 0 Å². The van der Waals surface area contributed by atoms with Gasteiger partial charge in [-0.25, -0.2) is 0 Å². The fraction of sp³-hybridized carbons (Fsp3) is 0.333. The van der Waals surface area contributed by atoms with Crippen molar-refractivity contribution in [3.05, 3.63) is 11.8 Å². The molecule has 0 radical (unpaired) electrons. The fourth-order valence-electron chi connectivity index (χ4n) is 0.822. The Kier molecular flexibility index (Phi) is 1.50. The highest BCUT2D eigenvalue weighted by atomic mass is 32.1. The third-order valence-corrected chi connectivity index (χ3v) is 2.06. The maximum atomic E-state index is 3.98. The molecule has 0 saturated carbocycles. The van der Waals surface area contributed by atoms with E-state index >= 15 is 0 Å². The quantitative estimate of drug-likeness (QED) is 0.635. The molecule has 2 aromatic rings. The summed E-state index contributed by atoms with van der Waals surface area (Å²) in [6.45, 7) is 2.04. The van der Waals surface area contributed by atoms with E-state index in [0.717, 1.165) is 22.5 Å². The van der Waals surface area contributed by atoms with Gasteiger partial charge in [0.15, 0.2) is 4.83 Å². The molecule has 0 spiro atoms. The van der Waals surface area contributed by atoms with E-state index in [9.17, 15) is 0 Å². The Morgan fingerprint density at radius 3 is 3.09 bits per heavy atom. The van der Waals surface area contributed by atoms with E-state index in [-0.39, 0.29) is 0 Å².